The predicted octanol–water partition coefficient (Wildman–Crippen LogP) is 5.11. The van der Waals surface area contributed by atoms with Crippen molar-refractivity contribution in [2.24, 2.45) is 0 Å². The minimum absolute atomic E-state index is 0.173. The van der Waals surface area contributed by atoms with Crippen molar-refractivity contribution in [2.75, 3.05) is 0 Å². The van der Waals surface area contributed by atoms with Gasteiger partial charge in [-0.2, -0.15) is 0 Å². The van der Waals surface area contributed by atoms with Crippen LogP contribution in [-0.2, 0) is 0 Å². The summed E-state index contributed by atoms with van der Waals surface area (Å²) in [5, 5.41) is 0.659. The molecule has 19 heavy (non-hydrogen) atoms. The molecule has 0 aromatic heterocycles. The summed E-state index contributed by atoms with van der Waals surface area (Å²) in [6.07, 6.45) is 1.51. The van der Waals surface area contributed by atoms with Crippen LogP contribution in [-0.4, -0.2) is 5.78 Å². The first-order chi connectivity index (χ1) is 9.20. The molecule has 2 aromatic rings. The van der Waals surface area contributed by atoms with Gasteiger partial charge in [0, 0.05) is 17.0 Å². The van der Waals surface area contributed by atoms with Crippen LogP contribution in [0.2, 0.25) is 5.02 Å². The molecule has 0 spiro atoms. The number of Topliss-reactive ketones (excluding diaryl/α,β-unsaturated/α-hetero) is 1. The highest BCUT2D eigenvalue weighted by molar-refractivity contribution is 6.30. The molecule has 1 atom stereocenters. The Morgan fingerprint density at radius 1 is 1.05 bits per heavy atom. The third-order valence-corrected chi connectivity index (χ3v) is 3.61. The average Bonchev–Trinajstić information content (AvgIpc) is 2.46. The molecule has 0 aliphatic carbocycles. The van der Waals surface area contributed by atoms with Gasteiger partial charge >= 0.3 is 0 Å². The molecule has 0 N–H and O–H groups in total. The summed E-state index contributed by atoms with van der Waals surface area (Å²) in [5.41, 5.74) is 1.96. The van der Waals surface area contributed by atoms with E-state index in [-0.39, 0.29) is 11.7 Å². The van der Waals surface area contributed by atoms with Gasteiger partial charge in [0.25, 0.3) is 0 Å². The smallest absolute Gasteiger partial charge is 0.163 e. The van der Waals surface area contributed by atoms with Gasteiger partial charge in [0.15, 0.2) is 5.78 Å². The van der Waals surface area contributed by atoms with E-state index in [0.29, 0.717) is 11.4 Å². The third kappa shape index (κ3) is 3.68. The zero-order valence-corrected chi connectivity index (χ0v) is 11.7. The lowest BCUT2D eigenvalue weighted by Gasteiger charge is -2.14. The van der Waals surface area contributed by atoms with Gasteiger partial charge in [0.1, 0.15) is 0 Å². The first-order valence-corrected chi connectivity index (χ1v) is 6.92. The van der Waals surface area contributed by atoms with E-state index < -0.39 is 0 Å². The Labute approximate surface area is 119 Å². The zero-order valence-electron chi connectivity index (χ0n) is 11.0. The van der Waals surface area contributed by atoms with Crippen LogP contribution in [0.3, 0.4) is 0 Å². The summed E-state index contributed by atoms with van der Waals surface area (Å²) in [6, 6.07) is 17.3. The Kier molecular flexibility index (Phi) is 4.75. The van der Waals surface area contributed by atoms with Crippen molar-refractivity contribution in [3.63, 3.8) is 0 Å². The lowest BCUT2D eigenvalue weighted by Crippen LogP contribution is -2.07. The minimum Gasteiger partial charge on any atom is -0.294 e. The maximum atomic E-state index is 12.3. The Morgan fingerprint density at radius 3 is 2.26 bits per heavy atom. The van der Waals surface area contributed by atoms with Gasteiger partial charge in [-0.05, 0) is 42.2 Å². The van der Waals surface area contributed by atoms with Crippen molar-refractivity contribution in [3.05, 3.63) is 70.7 Å². The fraction of sp³-hybridized carbons (Fsp3) is 0.235. The monoisotopic (exact) mass is 272 g/mol. The second kappa shape index (κ2) is 6.53. The van der Waals surface area contributed by atoms with Gasteiger partial charge < -0.3 is 0 Å². The molecule has 0 fully saturated rings. The van der Waals surface area contributed by atoms with Gasteiger partial charge in [-0.15, -0.1) is 0 Å². The molecule has 2 heteroatoms. The molecule has 0 aliphatic heterocycles. The lowest BCUT2D eigenvalue weighted by atomic mass is 9.90. The number of benzene rings is 2. The van der Waals surface area contributed by atoms with E-state index in [1.165, 1.54) is 5.56 Å². The van der Waals surface area contributed by atoms with Gasteiger partial charge in [-0.3, -0.25) is 4.79 Å². The third-order valence-electron chi connectivity index (χ3n) is 3.36. The molecular formula is C17H17ClO. The summed E-state index contributed by atoms with van der Waals surface area (Å²) in [7, 11) is 0. The topological polar surface area (TPSA) is 17.1 Å². The quantitative estimate of drug-likeness (QED) is 0.692. The number of hydrogen-bond donors (Lipinski definition) is 0. The van der Waals surface area contributed by atoms with Gasteiger partial charge in [-0.1, -0.05) is 48.9 Å². The van der Waals surface area contributed by atoms with Crippen molar-refractivity contribution in [1.82, 2.24) is 0 Å². The largest absolute Gasteiger partial charge is 0.294 e. The maximum absolute atomic E-state index is 12.3. The van der Waals surface area contributed by atoms with Crippen molar-refractivity contribution < 1.29 is 4.79 Å². The normalized spacial score (nSPS) is 12.1. The van der Waals surface area contributed by atoms with Crippen LogP contribution in [0.1, 0.15) is 41.6 Å². The fourth-order valence-electron chi connectivity index (χ4n) is 2.20. The number of hydrogen-bond acceptors (Lipinski definition) is 1. The second-order valence-electron chi connectivity index (χ2n) is 4.65. The molecule has 0 bridgehead atoms. The summed E-state index contributed by atoms with van der Waals surface area (Å²) < 4.78 is 0. The average molecular weight is 273 g/mol. The van der Waals surface area contributed by atoms with Crippen LogP contribution in [0.4, 0.5) is 0 Å². The number of carbonyl (C=O) groups is 1. The van der Waals surface area contributed by atoms with E-state index in [9.17, 15) is 4.79 Å². The number of carbonyl (C=O) groups excluding carboxylic acids is 1. The molecule has 0 saturated carbocycles. The molecule has 0 saturated heterocycles. The Bertz CT molecular complexity index is 531. The summed E-state index contributed by atoms with van der Waals surface area (Å²) in [6.45, 7) is 2.12. The van der Waals surface area contributed by atoms with Crippen LogP contribution in [0.15, 0.2) is 54.6 Å². The summed E-state index contributed by atoms with van der Waals surface area (Å²) in [4.78, 5) is 12.3. The van der Waals surface area contributed by atoms with Crippen LogP contribution in [0, 0.1) is 0 Å². The molecule has 0 heterocycles. The molecule has 0 radical (unpaired) electrons. The number of rotatable bonds is 5. The van der Waals surface area contributed by atoms with E-state index in [4.69, 9.17) is 11.6 Å². The highest BCUT2D eigenvalue weighted by Crippen LogP contribution is 2.25. The molecule has 1 nitrogen and oxygen atoms in total. The Morgan fingerprint density at radius 2 is 1.68 bits per heavy atom. The highest BCUT2D eigenvalue weighted by Gasteiger charge is 2.15. The van der Waals surface area contributed by atoms with E-state index in [1.807, 2.05) is 18.2 Å². The van der Waals surface area contributed by atoms with Crippen molar-refractivity contribution in [1.29, 1.82) is 0 Å². The van der Waals surface area contributed by atoms with Crippen LogP contribution in [0.5, 0.6) is 0 Å². The molecule has 0 aliphatic rings. The molecule has 2 aromatic carbocycles. The SMILES string of the molecule is CC[C@@H](CC(=O)c1ccc(Cl)cc1)c1ccccc1. The Hall–Kier alpha value is -1.60. The zero-order chi connectivity index (χ0) is 13.7. The first kappa shape index (κ1) is 13.8. The van der Waals surface area contributed by atoms with Crippen LogP contribution in [0.25, 0.3) is 0 Å². The second-order valence-corrected chi connectivity index (χ2v) is 5.09. The standard InChI is InChI=1S/C17H17ClO/c1-2-13(14-6-4-3-5-7-14)12-17(19)15-8-10-16(18)11-9-15/h3-11,13H,2,12H2,1H3/t13-/m0/s1. The van der Waals surface area contributed by atoms with E-state index in [0.717, 1.165) is 12.0 Å². The molecular weight excluding hydrogens is 256 g/mol. The van der Waals surface area contributed by atoms with Crippen molar-refractivity contribution in [2.45, 2.75) is 25.7 Å². The van der Waals surface area contributed by atoms with Gasteiger partial charge in [-0.25, -0.2) is 0 Å². The highest BCUT2D eigenvalue weighted by atomic mass is 35.5. The van der Waals surface area contributed by atoms with Crippen molar-refractivity contribution in [3.8, 4) is 0 Å². The fourth-order valence-corrected chi connectivity index (χ4v) is 2.33. The van der Waals surface area contributed by atoms with Crippen LogP contribution < -0.4 is 0 Å². The Balaban J connectivity index is 2.10. The van der Waals surface area contributed by atoms with E-state index >= 15 is 0 Å². The number of ketones is 1. The molecule has 0 amide bonds. The first-order valence-electron chi connectivity index (χ1n) is 6.54. The van der Waals surface area contributed by atoms with Gasteiger partial charge in [0.2, 0.25) is 0 Å². The molecule has 98 valence electrons. The summed E-state index contributed by atoms with van der Waals surface area (Å²) >= 11 is 5.83. The van der Waals surface area contributed by atoms with E-state index in [1.54, 1.807) is 24.3 Å². The lowest BCUT2D eigenvalue weighted by molar-refractivity contribution is 0.0973. The summed E-state index contributed by atoms with van der Waals surface area (Å²) in [5.74, 6) is 0.455. The maximum Gasteiger partial charge on any atom is 0.163 e. The van der Waals surface area contributed by atoms with Crippen LogP contribution >= 0.6 is 11.6 Å². The van der Waals surface area contributed by atoms with Crippen molar-refractivity contribution >= 4 is 17.4 Å². The van der Waals surface area contributed by atoms with Gasteiger partial charge in [0.05, 0.1) is 0 Å². The molecule has 0 unspecified atom stereocenters. The van der Waals surface area contributed by atoms with E-state index in [2.05, 4.69) is 19.1 Å². The molecule has 2 rings (SSSR count). The number of halogens is 1. The predicted molar refractivity (Wildman–Crippen MR) is 79.9 cm³/mol. The minimum atomic E-state index is 0.173.